The Balaban J connectivity index is 1.61. The minimum absolute atomic E-state index is 0.136. The topological polar surface area (TPSA) is 104 Å². The molecule has 3 N–H and O–H groups in total. The molecule has 29 heavy (non-hydrogen) atoms. The van der Waals surface area contributed by atoms with Gasteiger partial charge in [-0.25, -0.2) is 9.97 Å². The monoisotopic (exact) mass is 416 g/mol. The maximum absolute atomic E-state index is 12.7. The molecule has 2 aromatic rings. The second-order valence-corrected chi connectivity index (χ2v) is 8.51. The molecule has 0 aliphatic carbocycles. The lowest BCUT2D eigenvalue weighted by Crippen LogP contribution is -2.53. The van der Waals surface area contributed by atoms with Gasteiger partial charge in [0, 0.05) is 43.9 Å². The molecule has 1 aliphatic rings. The van der Waals surface area contributed by atoms with Crippen LogP contribution in [0.4, 0.5) is 10.8 Å². The Morgan fingerprint density at radius 3 is 2.48 bits per heavy atom. The summed E-state index contributed by atoms with van der Waals surface area (Å²) < 4.78 is 0. The van der Waals surface area contributed by atoms with Crippen molar-refractivity contribution >= 4 is 34.0 Å². The number of rotatable bonds is 6. The van der Waals surface area contributed by atoms with Crippen LogP contribution < -0.4 is 16.0 Å². The van der Waals surface area contributed by atoms with Gasteiger partial charge in [0.2, 0.25) is 5.91 Å². The van der Waals surface area contributed by atoms with Crippen LogP contribution in [0.25, 0.3) is 0 Å². The summed E-state index contributed by atoms with van der Waals surface area (Å²) >= 11 is 1.30. The van der Waals surface area contributed by atoms with Crippen molar-refractivity contribution in [1.82, 2.24) is 14.9 Å². The number of hydrogen-bond acceptors (Lipinski definition) is 7. The van der Waals surface area contributed by atoms with Gasteiger partial charge in [-0.15, -0.1) is 11.3 Å². The summed E-state index contributed by atoms with van der Waals surface area (Å²) in [5, 5.41) is 5.09. The highest BCUT2D eigenvalue weighted by Gasteiger charge is 2.27. The summed E-state index contributed by atoms with van der Waals surface area (Å²) in [7, 11) is 0. The standard InChI is InChI=1S/C20H28N6O2S/c1-12(2)18-22-13(3)11-16(23-18)26-8-6-25(7-9-26)14(4)19(28)24-20-15(17(21)27)5-10-29-20/h5,10-12,14H,6-9H2,1-4H3,(H2,21,27)(H,24,28). The highest BCUT2D eigenvalue weighted by atomic mass is 32.1. The number of amides is 2. The van der Waals surface area contributed by atoms with Gasteiger partial charge in [0.05, 0.1) is 11.6 Å². The van der Waals surface area contributed by atoms with E-state index in [2.05, 4.69) is 33.9 Å². The highest BCUT2D eigenvalue weighted by molar-refractivity contribution is 7.14. The lowest BCUT2D eigenvalue weighted by molar-refractivity contribution is -0.120. The molecule has 1 aliphatic heterocycles. The quantitative estimate of drug-likeness (QED) is 0.748. The molecule has 0 aromatic carbocycles. The van der Waals surface area contributed by atoms with Crippen molar-refractivity contribution in [3.05, 3.63) is 34.6 Å². The summed E-state index contributed by atoms with van der Waals surface area (Å²) in [6, 6.07) is 3.33. The Hall–Kier alpha value is -2.52. The van der Waals surface area contributed by atoms with Gasteiger partial charge < -0.3 is 16.0 Å². The van der Waals surface area contributed by atoms with Crippen LogP contribution in [-0.2, 0) is 4.79 Å². The van der Waals surface area contributed by atoms with Crippen molar-refractivity contribution < 1.29 is 9.59 Å². The largest absolute Gasteiger partial charge is 0.366 e. The van der Waals surface area contributed by atoms with Crippen LogP contribution in [0.1, 0.15) is 48.6 Å². The van der Waals surface area contributed by atoms with Crippen LogP contribution in [0.5, 0.6) is 0 Å². The van der Waals surface area contributed by atoms with Crippen molar-refractivity contribution in [1.29, 1.82) is 0 Å². The second-order valence-electron chi connectivity index (χ2n) is 7.60. The second kappa shape index (κ2) is 8.87. The summed E-state index contributed by atoms with van der Waals surface area (Å²) in [6.45, 7) is 11.1. The number of hydrogen-bond donors (Lipinski definition) is 2. The molecule has 156 valence electrons. The fraction of sp³-hybridized carbons (Fsp3) is 0.500. The minimum atomic E-state index is -0.538. The SMILES string of the molecule is Cc1cc(N2CCN(C(C)C(=O)Nc3sccc3C(N)=O)CC2)nc(C(C)C)n1. The van der Waals surface area contributed by atoms with E-state index < -0.39 is 5.91 Å². The first-order chi connectivity index (χ1) is 13.8. The third-order valence-corrected chi connectivity index (χ3v) is 5.94. The first-order valence-corrected chi connectivity index (χ1v) is 10.7. The lowest BCUT2D eigenvalue weighted by Gasteiger charge is -2.38. The van der Waals surface area contributed by atoms with Crippen LogP contribution in [-0.4, -0.2) is 58.9 Å². The van der Waals surface area contributed by atoms with Gasteiger partial charge in [-0.3, -0.25) is 14.5 Å². The maximum Gasteiger partial charge on any atom is 0.251 e. The Morgan fingerprint density at radius 1 is 1.17 bits per heavy atom. The van der Waals surface area contributed by atoms with Crippen LogP contribution in [0, 0.1) is 6.92 Å². The van der Waals surface area contributed by atoms with E-state index in [1.54, 1.807) is 11.4 Å². The first kappa shape index (κ1) is 21.2. The Morgan fingerprint density at radius 2 is 1.86 bits per heavy atom. The van der Waals surface area contributed by atoms with Crippen molar-refractivity contribution in [2.75, 3.05) is 36.4 Å². The molecular formula is C20H28N6O2S. The molecule has 3 rings (SSSR count). The maximum atomic E-state index is 12.7. The Bertz CT molecular complexity index is 889. The van der Waals surface area contributed by atoms with Gasteiger partial charge in [0.1, 0.15) is 16.6 Å². The normalized spacial score (nSPS) is 16.1. The number of thiophene rings is 1. The van der Waals surface area contributed by atoms with Crippen molar-refractivity contribution in [3.63, 3.8) is 0 Å². The smallest absolute Gasteiger partial charge is 0.251 e. The van der Waals surface area contributed by atoms with Crippen LogP contribution >= 0.6 is 11.3 Å². The number of piperazine rings is 1. The fourth-order valence-electron chi connectivity index (χ4n) is 3.32. The van der Waals surface area contributed by atoms with Crippen LogP contribution in [0.3, 0.4) is 0 Å². The Labute approximate surface area is 175 Å². The zero-order valence-corrected chi connectivity index (χ0v) is 18.1. The molecule has 3 heterocycles. The molecule has 9 heteroatoms. The summed E-state index contributed by atoms with van der Waals surface area (Å²) in [6.07, 6.45) is 0. The van der Waals surface area contributed by atoms with E-state index in [-0.39, 0.29) is 17.9 Å². The zero-order valence-electron chi connectivity index (χ0n) is 17.3. The molecule has 8 nitrogen and oxygen atoms in total. The van der Waals surface area contributed by atoms with Gasteiger partial charge in [-0.2, -0.15) is 0 Å². The summed E-state index contributed by atoms with van der Waals surface area (Å²) in [5.74, 6) is 1.41. The summed E-state index contributed by atoms with van der Waals surface area (Å²) in [5.41, 5.74) is 6.67. The van der Waals surface area contributed by atoms with Gasteiger partial charge in [0.25, 0.3) is 5.91 Å². The average Bonchev–Trinajstić information content (AvgIpc) is 3.15. The van der Waals surface area contributed by atoms with Crippen molar-refractivity contribution in [2.45, 2.75) is 39.7 Å². The molecule has 1 fully saturated rings. The molecule has 0 spiro atoms. The predicted octanol–water partition coefficient (Wildman–Crippen LogP) is 2.22. The van der Waals surface area contributed by atoms with Crippen LogP contribution in [0.15, 0.2) is 17.5 Å². The highest BCUT2D eigenvalue weighted by Crippen LogP contribution is 2.24. The van der Waals surface area contributed by atoms with Gasteiger partial charge in [-0.1, -0.05) is 13.8 Å². The number of carbonyl (C=O) groups is 2. The van der Waals surface area contributed by atoms with E-state index in [1.807, 2.05) is 19.9 Å². The third kappa shape index (κ3) is 4.91. The zero-order chi connectivity index (χ0) is 21.1. The lowest BCUT2D eigenvalue weighted by atomic mass is 10.2. The predicted molar refractivity (Wildman–Crippen MR) is 116 cm³/mol. The molecule has 1 unspecified atom stereocenters. The number of primary amides is 1. The molecule has 0 radical (unpaired) electrons. The van der Waals surface area contributed by atoms with E-state index in [9.17, 15) is 9.59 Å². The van der Waals surface area contributed by atoms with Gasteiger partial charge in [0.15, 0.2) is 0 Å². The minimum Gasteiger partial charge on any atom is -0.366 e. The van der Waals surface area contributed by atoms with E-state index in [0.29, 0.717) is 10.6 Å². The molecule has 1 atom stereocenters. The number of aryl methyl sites for hydroxylation is 1. The number of nitrogens with one attached hydrogen (secondary N) is 1. The average molecular weight is 417 g/mol. The van der Waals surface area contributed by atoms with Gasteiger partial charge in [-0.05, 0) is 25.3 Å². The molecule has 2 amide bonds. The van der Waals surface area contributed by atoms with Crippen molar-refractivity contribution in [2.24, 2.45) is 5.73 Å². The Kier molecular flexibility index (Phi) is 6.49. The number of carbonyl (C=O) groups excluding carboxylic acids is 2. The van der Waals surface area contributed by atoms with E-state index >= 15 is 0 Å². The summed E-state index contributed by atoms with van der Waals surface area (Å²) in [4.78, 5) is 37.7. The molecule has 0 saturated carbocycles. The first-order valence-electron chi connectivity index (χ1n) is 9.79. The van der Waals surface area contributed by atoms with E-state index in [1.165, 1.54) is 11.3 Å². The van der Waals surface area contributed by atoms with Gasteiger partial charge >= 0.3 is 0 Å². The fourth-order valence-corrected chi connectivity index (χ4v) is 4.11. The van der Waals surface area contributed by atoms with Crippen LogP contribution in [0.2, 0.25) is 0 Å². The number of nitrogens with zero attached hydrogens (tertiary/aromatic N) is 4. The van der Waals surface area contributed by atoms with Crippen molar-refractivity contribution in [3.8, 4) is 0 Å². The number of anilines is 2. The molecule has 1 saturated heterocycles. The molecule has 2 aromatic heterocycles. The molecule has 0 bridgehead atoms. The third-order valence-electron chi connectivity index (χ3n) is 5.11. The molecular weight excluding hydrogens is 388 g/mol. The number of nitrogens with two attached hydrogens (primary N) is 1. The number of aromatic nitrogens is 2. The van der Waals surface area contributed by atoms with E-state index in [4.69, 9.17) is 10.7 Å². The van der Waals surface area contributed by atoms with E-state index in [0.717, 1.165) is 43.5 Å².